The van der Waals surface area contributed by atoms with Crippen LogP contribution in [0.15, 0.2) is 12.1 Å². The topological polar surface area (TPSA) is 0 Å². The Morgan fingerprint density at radius 1 is 1.21 bits per heavy atom. The Labute approximate surface area is 93.4 Å². The Morgan fingerprint density at radius 2 is 1.79 bits per heavy atom. The van der Waals surface area contributed by atoms with E-state index in [-0.39, 0.29) is 0 Å². The van der Waals surface area contributed by atoms with Crippen LogP contribution in [0, 0.1) is 6.92 Å². The van der Waals surface area contributed by atoms with Gasteiger partial charge in [0.1, 0.15) is 0 Å². The van der Waals surface area contributed by atoms with Crippen LogP contribution in [0.2, 0.25) is 18.1 Å². The molecular formula is C12H22SSi. The Balaban J connectivity index is 2.78. The van der Waals surface area contributed by atoms with Crippen LogP contribution in [0.1, 0.15) is 30.5 Å². The van der Waals surface area contributed by atoms with Gasteiger partial charge in [0.25, 0.3) is 0 Å². The zero-order chi connectivity index (χ0) is 11.0. The van der Waals surface area contributed by atoms with E-state index in [1.54, 1.807) is 4.88 Å². The summed E-state index contributed by atoms with van der Waals surface area (Å²) >= 11 is 1.97. The second kappa shape index (κ2) is 3.82. The highest BCUT2D eigenvalue weighted by Crippen LogP contribution is 2.38. The Hall–Kier alpha value is -0.0831. The third-order valence-corrected chi connectivity index (χ3v) is 10.0. The lowest BCUT2D eigenvalue weighted by atomic mass is 10.2. The van der Waals surface area contributed by atoms with E-state index in [0.717, 1.165) is 0 Å². The number of rotatable bonds is 2. The van der Waals surface area contributed by atoms with Crippen molar-refractivity contribution in [3.8, 4) is 0 Å². The van der Waals surface area contributed by atoms with E-state index in [1.165, 1.54) is 10.9 Å². The zero-order valence-corrected chi connectivity index (χ0v) is 12.1. The summed E-state index contributed by atoms with van der Waals surface area (Å²) in [6, 6.07) is 5.88. The largest absolute Gasteiger partial charge is 0.146 e. The lowest BCUT2D eigenvalue weighted by Crippen LogP contribution is -2.39. The molecule has 14 heavy (non-hydrogen) atoms. The molecule has 1 aromatic rings. The molecule has 0 aliphatic carbocycles. The van der Waals surface area contributed by atoms with Gasteiger partial charge in [-0.3, -0.25) is 0 Å². The van der Waals surface area contributed by atoms with Crippen molar-refractivity contribution in [1.29, 1.82) is 0 Å². The van der Waals surface area contributed by atoms with Gasteiger partial charge in [-0.25, -0.2) is 0 Å². The van der Waals surface area contributed by atoms with E-state index in [0.29, 0.717) is 5.04 Å². The van der Waals surface area contributed by atoms with Crippen molar-refractivity contribution < 1.29 is 0 Å². The van der Waals surface area contributed by atoms with Crippen LogP contribution in [0.4, 0.5) is 0 Å². The highest BCUT2D eigenvalue weighted by atomic mass is 32.1. The molecular weight excluding hydrogens is 204 g/mol. The van der Waals surface area contributed by atoms with Gasteiger partial charge in [0.2, 0.25) is 0 Å². The summed E-state index contributed by atoms with van der Waals surface area (Å²) in [7, 11) is -1.12. The molecule has 1 rings (SSSR count). The fourth-order valence-corrected chi connectivity index (χ4v) is 4.86. The summed E-state index contributed by atoms with van der Waals surface area (Å²) in [6.07, 6.45) is 0. The van der Waals surface area contributed by atoms with Crippen LogP contribution in [-0.2, 0) is 6.04 Å². The summed E-state index contributed by atoms with van der Waals surface area (Å²) in [5.41, 5.74) is 0. The van der Waals surface area contributed by atoms with Crippen LogP contribution in [0.25, 0.3) is 0 Å². The van der Waals surface area contributed by atoms with Gasteiger partial charge in [-0.1, -0.05) is 33.9 Å². The Kier molecular flexibility index (Phi) is 3.27. The third-order valence-electron chi connectivity index (χ3n) is 3.44. The van der Waals surface area contributed by atoms with Crippen LogP contribution in [-0.4, -0.2) is 8.07 Å². The lowest BCUT2D eigenvalue weighted by Gasteiger charge is -2.36. The molecule has 2 heteroatoms. The smallest absolute Gasteiger partial charge is 0.0580 e. The van der Waals surface area contributed by atoms with Crippen molar-refractivity contribution in [2.45, 2.75) is 51.9 Å². The van der Waals surface area contributed by atoms with E-state index in [2.05, 4.69) is 52.9 Å². The summed E-state index contributed by atoms with van der Waals surface area (Å²) in [5.74, 6) is 0. The van der Waals surface area contributed by atoms with Crippen molar-refractivity contribution in [3.63, 3.8) is 0 Å². The Bertz CT molecular complexity index is 304. The highest BCUT2D eigenvalue weighted by Gasteiger charge is 2.35. The van der Waals surface area contributed by atoms with Gasteiger partial charge in [0.05, 0.1) is 8.07 Å². The fourth-order valence-electron chi connectivity index (χ4n) is 1.28. The minimum Gasteiger partial charge on any atom is -0.146 e. The molecule has 0 atom stereocenters. The van der Waals surface area contributed by atoms with Crippen molar-refractivity contribution in [1.82, 2.24) is 0 Å². The lowest BCUT2D eigenvalue weighted by molar-refractivity contribution is 0.714. The van der Waals surface area contributed by atoms with Crippen LogP contribution >= 0.6 is 11.3 Å². The van der Waals surface area contributed by atoms with Gasteiger partial charge in [-0.2, -0.15) is 0 Å². The molecule has 0 aliphatic rings. The molecule has 0 unspecified atom stereocenters. The van der Waals surface area contributed by atoms with Gasteiger partial charge in [-0.05, 0) is 30.1 Å². The van der Waals surface area contributed by atoms with E-state index in [4.69, 9.17) is 0 Å². The van der Waals surface area contributed by atoms with E-state index >= 15 is 0 Å². The number of thiophene rings is 1. The molecule has 1 aromatic heterocycles. The van der Waals surface area contributed by atoms with Crippen molar-refractivity contribution in [2.24, 2.45) is 0 Å². The first kappa shape index (κ1) is 12.0. The van der Waals surface area contributed by atoms with Crippen molar-refractivity contribution in [2.75, 3.05) is 0 Å². The molecule has 0 saturated heterocycles. The summed E-state index contributed by atoms with van der Waals surface area (Å²) in [6.45, 7) is 14.4. The first-order chi connectivity index (χ1) is 6.22. The molecule has 0 amide bonds. The monoisotopic (exact) mass is 226 g/mol. The second-order valence-corrected chi connectivity index (χ2v) is 12.8. The highest BCUT2D eigenvalue weighted by molar-refractivity contribution is 7.12. The standard InChI is InChI=1S/C12H22SSi/c1-10-7-8-11(13-10)9-14(5,6)12(2,3)4/h7-8H,9H2,1-6H3. The maximum Gasteiger partial charge on any atom is 0.0580 e. The minimum atomic E-state index is -1.12. The molecule has 0 fully saturated rings. The molecule has 0 bridgehead atoms. The predicted molar refractivity (Wildman–Crippen MR) is 70.0 cm³/mol. The van der Waals surface area contributed by atoms with Gasteiger partial charge >= 0.3 is 0 Å². The second-order valence-electron chi connectivity index (χ2n) is 5.82. The van der Waals surface area contributed by atoms with Gasteiger partial charge in [0.15, 0.2) is 0 Å². The fraction of sp³-hybridized carbons (Fsp3) is 0.667. The van der Waals surface area contributed by atoms with Gasteiger partial charge < -0.3 is 0 Å². The molecule has 0 saturated carbocycles. The summed E-state index contributed by atoms with van der Waals surface area (Å²) in [4.78, 5) is 3.02. The minimum absolute atomic E-state index is 0.505. The summed E-state index contributed by atoms with van der Waals surface area (Å²) < 4.78 is 0. The molecule has 0 radical (unpaired) electrons. The molecule has 0 nitrogen and oxygen atoms in total. The molecule has 80 valence electrons. The number of hydrogen-bond acceptors (Lipinski definition) is 1. The average Bonchev–Trinajstić information content (AvgIpc) is 2.31. The maximum absolute atomic E-state index is 2.50. The molecule has 0 N–H and O–H groups in total. The number of hydrogen-bond donors (Lipinski definition) is 0. The van der Waals surface area contributed by atoms with E-state index in [1.807, 2.05) is 11.3 Å². The average molecular weight is 226 g/mol. The summed E-state index contributed by atoms with van der Waals surface area (Å²) in [5, 5.41) is 0.505. The van der Waals surface area contributed by atoms with Crippen LogP contribution < -0.4 is 0 Å². The quantitative estimate of drug-likeness (QED) is 0.644. The first-order valence-electron chi connectivity index (χ1n) is 5.28. The maximum atomic E-state index is 2.50. The molecule has 1 heterocycles. The molecule has 0 aliphatic heterocycles. The predicted octanol–water partition coefficient (Wildman–Crippen LogP) is 4.65. The van der Waals surface area contributed by atoms with Crippen molar-refractivity contribution >= 4 is 19.4 Å². The van der Waals surface area contributed by atoms with Crippen molar-refractivity contribution in [3.05, 3.63) is 21.9 Å². The van der Waals surface area contributed by atoms with Crippen LogP contribution in [0.3, 0.4) is 0 Å². The van der Waals surface area contributed by atoms with Gasteiger partial charge in [0, 0.05) is 9.75 Å². The number of aryl methyl sites for hydroxylation is 1. The first-order valence-corrected chi connectivity index (χ1v) is 9.30. The normalized spacial score (nSPS) is 13.3. The zero-order valence-electron chi connectivity index (χ0n) is 10.3. The van der Waals surface area contributed by atoms with Crippen LogP contribution in [0.5, 0.6) is 0 Å². The van der Waals surface area contributed by atoms with E-state index < -0.39 is 8.07 Å². The third kappa shape index (κ3) is 2.70. The van der Waals surface area contributed by atoms with Gasteiger partial charge in [-0.15, -0.1) is 11.3 Å². The Morgan fingerprint density at radius 3 is 2.14 bits per heavy atom. The molecule has 0 aromatic carbocycles. The molecule has 0 spiro atoms. The van der Waals surface area contributed by atoms with E-state index in [9.17, 15) is 0 Å². The SMILES string of the molecule is Cc1ccc(C[Si](C)(C)C(C)(C)C)s1.